The number of phenols is 1. The molecule has 5 heteroatoms. The van der Waals surface area contributed by atoms with Gasteiger partial charge in [0.2, 0.25) is 0 Å². The van der Waals surface area contributed by atoms with Gasteiger partial charge in [-0.25, -0.2) is 0 Å². The Hall–Kier alpha value is -1.88. The smallest absolute Gasteiger partial charge is 0.169 e. The summed E-state index contributed by atoms with van der Waals surface area (Å²) in [6.45, 7) is 0.617. The maximum Gasteiger partial charge on any atom is 0.169 e. The van der Waals surface area contributed by atoms with Crippen molar-refractivity contribution in [1.29, 1.82) is 0 Å². The van der Waals surface area contributed by atoms with Crippen LogP contribution in [0.3, 0.4) is 0 Å². The van der Waals surface area contributed by atoms with Gasteiger partial charge in [-0.15, -0.1) is 0 Å². The molecular weight excluding hydrogens is 308 g/mol. The maximum atomic E-state index is 12.9. The Kier molecular flexibility index (Phi) is 5.19. The van der Waals surface area contributed by atoms with Crippen LogP contribution in [0.1, 0.15) is 42.5 Å². The number of carbonyl (C=O) groups is 2. The minimum absolute atomic E-state index is 0.00782. The third-order valence-electron chi connectivity index (χ3n) is 5.25. The minimum Gasteiger partial charge on any atom is -0.504 e. The van der Waals surface area contributed by atoms with E-state index < -0.39 is 5.92 Å². The van der Waals surface area contributed by atoms with Crippen LogP contribution in [0.2, 0.25) is 0 Å². The van der Waals surface area contributed by atoms with Crippen molar-refractivity contribution in [3.63, 3.8) is 0 Å². The van der Waals surface area contributed by atoms with Crippen LogP contribution >= 0.6 is 0 Å². The molecule has 1 aromatic rings. The van der Waals surface area contributed by atoms with Gasteiger partial charge in [-0.3, -0.25) is 9.59 Å². The zero-order chi connectivity index (χ0) is 17.1. The highest BCUT2D eigenvalue weighted by Crippen LogP contribution is 2.34. The number of ketones is 2. The summed E-state index contributed by atoms with van der Waals surface area (Å²) in [5.41, 5.74) is 0.446. The van der Waals surface area contributed by atoms with E-state index in [0.29, 0.717) is 12.2 Å². The first kappa shape index (κ1) is 17.0. The van der Waals surface area contributed by atoms with Gasteiger partial charge >= 0.3 is 0 Å². The molecular formula is C19H24O5. The predicted molar refractivity (Wildman–Crippen MR) is 88.4 cm³/mol. The van der Waals surface area contributed by atoms with Crippen LogP contribution in [0.4, 0.5) is 0 Å². The van der Waals surface area contributed by atoms with Crippen molar-refractivity contribution in [2.45, 2.75) is 32.1 Å². The highest BCUT2D eigenvalue weighted by atomic mass is 16.5. The number of phenolic OH excluding ortho intramolecular Hbond substituents is 1. The Labute approximate surface area is 142 Å². The van der Waals surface area contributed by atoms with Crippen LogP contribution in [0, 0.1) is 17.8 Å². The molecule has 0 amide bonds. The number of rotatable bonds is 5. The third-order valence-corrected chi connectivity index (χ3v) is 5.25. The Balaban J connectivity index is 1.77. The molecule has 0 aromatic heterocycles. The molecule has 2 fully saturated rings. The van der Waals surface area contributed by atoms with Gasteiger partial charge in [-0.05, 0) is 31.0 Å². The number of Topliss-reactive ketones (excluding diaryl/α,β-unsaturated/α-hetero) is 2. The second-order valence-electron chi connectivity index (χ2n) is 6.74. The molecule has 24 heavy (non-hydrogen) atoms. The monoisotopic (exact) mass is 332 g/mol. The highest BCUT2D eigenvalue weighted by molar-refractivity contribution is 6.02. The second-order valence-corrected chi connectivity index (χ2v) is 6.74. The standard InChI is InChI=1S/C19H24O5/c1-23-17-9-13(7-8-16(17)20)19(22)15-11-24-10-14(15)18(21)12-5-3-2-4-6-12/h7-9,12,14-15,20H,2-6,10-11H2,1H3/t14-,15-/m0/s1. The van der Waals surface area contributed by atoms with Crippen LogP contribution in [0.15, 0.2) is 18.2 Å². The van der Waals surface area contributed by atoms with E-state index in [1.165, 1.54) is 25.7 Å². The van der Waals surface area contributed by atoms with Gasteiger partial charge in [-0.2, -0.15) is 0 Å². The number of hydrogen-bond donors (Lipinski definition) is 1. The van der Waals surface area contributed by atoms with E-state index in [4.69, 9.17) is 9.47 Å². The number of ether oxygens (including phenoxy) is 2. The van der Waals surface area contributed by atoms with Crippen molar-refractivity contribution >= 4 is 11.6 Å². The summed E-state index contributed by atoms with van der Waals surface area (Å²) in [4.78, 5) is 25.7. The number of methoxy groups -OCH3 is 1. The number of aromatic hydroxyl groups is 1. The lowest BCUT2D eigenvalue weighted by atomic mass is 9.77. The van der Waals surface area contributed by atoms with Crippen LogP contribution in [0.25, 0.3) is 0 Å². The number of hydrogen-bond acceptors (Lipinski definition) is 5. The van der Waals surface area contributed by atoms with E-state index in [1.807, 2.05) is 0 Å². The zero-order valence-electron chi connectivity index (χ0n) is 14.0. The van der Waals surface area contributed by atoms with Gasteiger partial charge in [-0.1, -0.05) is 19.3 Å². The predicted octanol–water partition coefficient (Wildman–Crippen LogP) is 3.00. The van der Waals surface area contributed by atoms with Gasteiger partial charge in [0.05, 0.1) is 32.2 Å². The lowest BCUT2D eigenvalue weighted by molar-refractivity contribution is -0.128. The summed E-state index contributed by atoms with van der Waals surface area (Å²) in [6, 6.07) is 4.54. The Morgan fingerprint density at radius 1 is 1.12 bits per heavy atom. The van der Waals surface area contributed by atoms with E-state index in [2.05, 4.69) is 0 Å². The molecule has 0 unspecified atom stereocenters. The fraction of sp³-hybridized carbons (Fsp3) is 0.579. The molecule has 1 aliphatic carbocycles. The molecule has 1 aromatic carbocycles. The molecule has 5 nitrogen and oxygen atoms in total. The molecule has 2 atom stereocenters. The van der Waals surface area contributed by atoms with Crippen molar-refractivity contribution in [3.8, 4) is 11.5 Å². The fourth-order valence-corrected chi connectivity index (χ4v) is 3.83. The molecule has 1 heterocycles. The van der Waals surface area contributed by atoms with Gasteiger partial charge in [0.25, 0.3) is 0 Å². The molecule has 0 bridgehead atoms. The largest absolute Gasteiger partial charge is 0.504 e. The lowest BCUT2D eigenvalue weighted by Gasteiger charge is -2.25. The fourth-order valence-electron chi connectivity index (χ4n) is 3.83. The van der Waals surface area contributed by atoms with Gasteiger partial charge in [0, 0.05) is 11.5 Å². The van der Waals surface area contributed by atoms with Crippen molar-refractivity contribution in [3.05, 3.63) is 23.8 Å². The van der Waals surface area contributed by atoms with E-state index in [9.17, 15) is 14.7 Å². The van der Waals surface area contributed by atoms with Gasteiger partial charge < -0.3 is 14.6 Å². The molecule has 130 valence electrons. The number of carbonyl (C=O) groups excluding carboxylic acids is 2. The van der Waals surface area contributed by atoms with Crippen molar-refractivity contribution in [1.82, 2.24) is 0 Å². The van der Waals surface area contributed by atoms with Crippen LogP contribution in [-0.2, 0) is 9.53 Å². The first-order chi connectivity index (χ1) is 11.6. The minimum atomic E-state index is -0.436. The average Bonchev–Trinajstić information content (AvgIpc) is 3.11. The lowest BCUT2D eigenvalue weighted by Crippen LogP contribution is -2.33. The molecule has 1 saturated heterocycles. The Morgan fingerprint density at radius 2 is 1.83 bits per heavy atom. The summed E-state index contributed by atoms with van der Waals surface area (Å²) in [6.07, 6.45) is 5.25. The normalized spacial score (nSPS) is 24.7. The van der Waals surface area contributed by atoms with Crippen LogP contribution < -0.4 is 4.74 Å². The topological polar surface area (TPSA) is 72.8 Å². The molecule has 1 N–H and O–H groups in total. The first-order valence-corrected chi connectivity index (χ1v) is 8.64. The number of benzene rings is 1. The van der Waals surface area contributed by atoms with Crippen LogP contribution in [-0.4, -0.2) is 37.0 Å². The van der Waals surface area contributed by atoms with Crippen molar-refractivity contribution in [2.75, 3.05) is 20.3 Å². The van der Waals surface area contributed by atoms with E-state index in [1.54, 1.807) is 6.07 Å². The van der Waals surface area contributed by atoms with E-state index >= 15 is 0 Å². The first-order valence-electron chi connectivity index (χ1n) is 8.64. The van der Waals surface area contributed by atoms with E-state index in [0.717, 1.165) is 25.7 Å². The Bertz CT molecular complexity index is 618. The summed E-state index contributed by atoms with van der Waals surface area (Å²) < 4.78 is 10.5. The van der Waals surface area contributed by atoms with Gasteiger partial charge in [0.1, 0.15) is 5.78 Å². The summed E-state index contributed by atoms with van der Waals surface area (Å²) >= 11 is 0. The third kappa shape index (κ3) is 3.31. The molecule has 3 rings (SSSR count). The van der Waals surface area contributed by atoms with E-state index in [-0.39, 0.29) is 41.5 Å². The summed E-state index contributed by atoms with van der Waals surface area (Å²) in [5, 5.41) is 9.68. The molecule has 2 aliphatic rings. The molecule has 0 spiro atoms. The van der Waals surface area contributed by atoms with Crippen LogP contribution in [0.5, 0.6) is 11.5 Å². The van der Waals surface area contributed by atoms with Crippen molar-refractivity contribution < 1.29 is 24.2 Å². The highest BCUT2D eigenvalue weighted by Gasteiger charge is 2.41. The zero-order valence-corrected chi connectivity index (χ0v) is 14.0. The molecule has 1 saturated carbocycles. The summed E-state index contributed by atoms with van der Waals surface area (Å²) in [7, 11) is 1.44. The maximum absolute atomic E-state index is 12.9. The quantitative estimate of drug-likeness (QED) is 0.839. The summed E-state index contributed by atoms with van der Waals surface area (Å²) in [5.74, 6) is -0.373. The second kappa shape index (κ2) is 7.34. The Morgan fingerprint density at radius 3 is 2.54 bits per heavy atom. The molecule has 1 aliphatic heterocycles. The van der Waals surface area contributed by atoms with Crippen molar-refractivity contribution in [2.24, 2.45) is 17.8 Å². The van der Waals surface area contributed by atoms with Gasteiger partial charge in [0.15, 0.2) is 17.3 Å². The SMILES string of the molecule is COc1cc(C(=O)[C@H]2COC[C@@H]2C(=O)C2CCCCC2)ccc1O. The molecule has 0 radical (unpaired) electrons. The average molecular weight is 332 g/mol.